The second-order valence-electron chi connectivity index (χ2n) is 3.66. The van der Waals surface area contributed by atoms with Crippen LogP contribution in [0, 0.1) is 0 Å². The number of pyridine rings is 1. The second-order valence-corrected chi connectivity index (χ2v) is 3.66. The highest BCUT2D eigenvalue weighted by atomic mass is 16.3. The first-order chi connectivity index (χ1) is 6.72. The molecule has 0 spiro atoms. The molecule has 2 heterocycles. The van der Waals surface area contributed by atoms with Crippen molar-refractivity contribution in [2.24, 2.45) is 0 Å². The molecule has 0 radical (unpaired) electrons. The Morgan fingerprint density at radius 3 is 2.86 bits per heavy atom. The SMILES string of the molecule is CCc1nc2ccnc(C(C)C)c2o1. The number of oxazole rings is 1. The molecule has 2 aromatic heterocycles. The zero-order chi connectivity index (χ0) is 10.1. The second kappa shape index (κ2) is 3.40. The van der Waals surface area contributed by atoms with Gasteiger partial charge in [-0.05, 0) is 12.0 Å². The summed E-state index contributed by atoms with van der Waals surface area (Å²) in [5.41, 5.74) is 2.76. The van der Waals surface area contributed by atoms with Crippen molar-refractivity contribution in [3.05, 3.63) is 23.8 Å². The fraction of sp³-hybridized carbons (Fsp3) is 0.455. The lowest BCUT2D eigenvalue weighted by Crippen LogP contribution is -1.91. The summed E-state index contributed by atoms with van der Waals surface area (Å²) >= 11 is 0. The maximum Gasteiger partial charge on any atom is 0.195 e. The zero-order valence-electron chi connectivity index (χ0n) is 8.74. The third kappa shape index (κ3) is 1.39. The summed E-state index contributed by atoms with van der Waals surface area (Å²) in [6.07, 6.45) is 2.62. The van der Waals surface area contributed by atoms with Crippen LogP contribution in [-0.2, 0) is 6.42 Å². The smallest absolute Gasteiger partial charge is 0.195 e. The van der Waals surface area contributed by atoms with E-state index >= 15 is 0 Å². The van der Waals surface area contributed by atoms with Gasteiger partial charge in [-0.2, -0.15) is 0 Å². The van der Waals surface area contributed by atoms with Crippen molar-refractivity contribution in [1.29, 1.82) is 0 Å². The van der Waals surface area contributed by atoms with Gasteiger partial charge in [-0.3, -0.25) is 4.98 Å². The van der Waals surface area contributed by atoms with Crippen LogP contribution >= 0.6 is 0 Å². The van der Waals surface area contributed by atoms with Gasteiger partial charge in [0.15, 0.2) is 11.5 Å². The molecule has 14 heavy (non-hydrogen) atoms. The largest absolute Gasteiger partial charge is 0.439 e. The highest BCUT2D eigenvalue weighted by Crippen LogP contribution is 2.23. The maximum absolute atomic E-state index is 5.64. The van der Waals surface area contributed by atoms with E-state index in [1.54, 1.807) is 6.20 Å². The quantitative estimate of drug-likeness (QED) is 0.730. The number of fused-ring (bicyclic) bond motifs is 1. The van der Waals surface area contributed by atoms with Crippen molar-refractivity contribution in [2.45, 2.75) is 33.1 Å². The van der Waals surface area contributed by atoms with Crippen LogP contribution in [0.3, 0.4) is 0 Å². The number of rotatable bonds is 2. The molecule has 0 amide bonds. The zero-order valence-corrected chi connectivity index (χ0v) is 8.74. The molecule has 0 saturated heterocycles. The lowest BCUT2D eigenvalue weighted by Gasteiger charge is -2.02. The molecule has 0 aromatic carbocycles. The van der Waals surface area contributed by atoms with Gasteiger partial charge in [0.25, 0.3) is 0 Å². The first kappa shape index (κ1) is 9.19. The Morgan fingerprint density at radius 1 is 1.43 bits per heavy atom. The topological polar surface area (TPSA) is 38.9 Å². The first-order valence-corrected chi connectivity index (χ1v) is 4.96. The molecule has 2 aromatic rings. The van der Waals surface area contributed by atoms with Gasteiger partial charge in [-0.25, -0.2) is 4.98 Å². The predicted octanol–water partition coefficient (Wildman–Crippen LogP) is 2.91. The Hall–Kier alpha value is -1.38. The van der Waals surface area contributed by atoms with Crippen LogP contribution in [-0.4, -0.2) is 9.97 Å². The van der Waals surface area contributed by atoms with Crippen LogP contribution in [0.25, 0.3) is 11.1 Å². The van der Waals surface area contributed by atoms with Crippen LogP contribution in [0.5, 0.6) is 0 Å². The van der Waals surface area contributed by atoms with Crippen LogP contribution in [0.2, 0.25) is 0 Å². The van der Waals surface area contributed by atoms with Crippen molar-refractivity contribution in [3.63, 3.8) is 0 Å². The Balaban J connectivity index is 2.66. The summed E-state index contributed by atoms with van der Waals surface area (Å²) in [4.78, 5) is 8.69. The molecule has 3 nitrogen and oxygen atoms in total. The van der Waals surface area contributed by atoms with E-state index in [-0.39, 0.29) is 0 Å². The van der Waals surface area contributed by atoms with Gasteiger partial charge in [0.05, 0.1) is 5.69 Å². The Kier molecular flexibility index (Phi) is 2.23. The van der Waals surface area contributed by atoms with E-state index in [2.05, 4.69) is 23.8 Å². The molecule has 3 heteroatoms. The van der Waals surface area contributed by atoms with E-state index in [4.69, 9.17) is 4.42 Å². The van der Waals surface area contributed by atoms with Crippen molar-refractivity contribution in [3.8, 4) is 0 Å². The molecular formula is C11H14N2O. The number of hydrogen-bond acceptors (Lipinski definition) is 3. The van der Waals surface area contributed by atoms with E-state index in [0.29, 0.717) is 5.92 Å². The molecule has 0 fully saturated rings. The van der Waals surface area contributed by atoms with E-state index in [1.807, 2.05) is 13.0 Å². The van der Waals surface area contributed by atoms with E-state index < -0.39 is 0 Å². The minimum absolute atomic E-state index is 0.372. The van der Waals surface area contributed by atoms with Crippen LogP contribution in [0.4, 0.5) is 0 Å². The van der Waals surface area contributed by atoms with E-state index in [1.165, 1.54) is 0 Å². The average Bonchev–Trinajstić information content (AvgIpc) is 2.59. The van der Waals surface area contributed by atoms with Gasteiger partial charge in [-0.15, -0.1) is 0 Å². The monoisotopic (exact) mass is 190 g/mol. The lowest BCUT2D eigenvalue weighted by molar-refractivity contribution is 0.531. The van der Waals surface area contributed by atoms with Crippen molar-refractivity contribution in [1.82, 2.24) is 9.97 Å². The molecule has 0 bridgehead atoms. The molecule has 0 atom stereocenters. The highest BCUT2D eigenvalue weighted by Gasteiger charge is 2.12. The van der Waals surface area contributed by atoms with Crippen LogP contribution < -0.4 is 0 Å². The number of hydrogen-bond donors (Lipinski definition) is 0. The molecule has 0 saturated carbocycles. The summed E-state index contributed by atoms with van der Waals surface area (Å²) in [6.45, 7) is 6.25. The Labute approximate surface area is 83.2 Å². The molecule has 0 N–H and O–H groups in total. The van der Waals surface area contributed by atoms with Gasteiger partial charge < -0.3 is 4.42 Å². The van der Waals surface area contributed by atoms with Crippen molar-refractivity contribution in [2.75, 3.05) is 0 Å². The first-order valence-electron chi connectivity index (χ1n) is 4.96. The van der Waals surface area contributed by atoms with Gasteiger partial charge >= 0.3 is 0 Å². The van der Waals surface area contributed by atoms with E-state index in [0.717, 1.165) is 29.1 Å². The maximum atomic E-state index is 5.64. The highest BCUT2D eigenvalue weighted by molar-refractivity contribution is 5.75. The third-order valence-corrected chi connectivity index (χ3v) is 2.23. The molecule has 0 aliphatic heterocycles. The molecule has 2 rings (SSSR count). The summed E-state index contributed by atoms with van der Waals surface area (Å²) in [5, 5.41) is 0. The molecule has 74 valence electrons. The van der Waals surface area contributed by atoms with Gasteiger partial charge in [0.2, 0.25) is 0 Å². The van der Waals surface area contributed by atoms with Gasteiger partial charge in [0.1, 0.15) is 5.52 Å². The molecule has 0 aliphatic rings. The fourth-order valence-corrected chi connectivity index (χ4v) is 1.48. The van der Waals surface area contributed by atoms with Gasteiger partial charge in [-0.1, -0.05) is 20.8 Å². The summed E-state index contributed by atoms with van der Waals surface area (Å²) in [6, 6.07) is 1.89. The number of aryl methyl sites for hydroxylation is 1. The summed E-state index contributed by atoms with van der Waals surface area (Å²) in [5.74, 6) is 1.16. The Bertz CT molecular complexity index is 445. The van der Waals surface area contributed by atoms with Crippen LogP contribution in [0.15, 0.2) is 16.7 Å². The number of aromatic nitrogens is 2. The normalized spacial score (nSPS) is 11.4. The van der Waals surface area contributed by atoms with Crippen molar-refractivity contribution < 1.29 is 4.42 Å². The molecule has 0 unspecified atom stereocenters. The standard InChI is InChI=1S/C11H14N2O/c1-4-9-13-8-5-6-12-10(7(2)3)11(8)14-9/h5-7H,4H2,1-3H3. The van der Waals surface area contributed by atoms with Gasteiger partial charge in [0, 0.05) is 12.6 Å². The summed E-state index contributed by atoms with van der Waals surface area (Å²) in [7, 11) is 0. The third-order valence-electron chi connectivity index (χ3n) is 2.23. The molecular weight excluding hydrogens is 176 g/mol. The minimum Gasteiger partial charge on any atom is -0.439 e. The molecule has 0 aliphatic carbocycles. The van der Waals surface area contributed by atoms with Crippen molar-refractivity contribution >= 4 is 11.1 Å². The predicted molar refractivity (Wildman–Crippen MR) is 55.3 cm³/mol. The average molecular weight is 190 g/mol. The van der Waals surface area contributed by atoms with E-state index in [9.17, 15) is 0 Å². The minimum atomic E-state index is 0.372. The fourth-order valence-electron chi connectivity index (χ4n) is 1.48. The Morgan fingerprint density at radius 2 is 2.21 bits per heavy atom. The number of nitrogens with zero attached hydrogens (tertiary/aromatic N) is 2. The van der Waals surface area contributed by atoms with Crippen LogP contribution in [0.1, 0.15) is 38.3 Å². The lowest BCUT2D eigenvalue weighted by atomic mass is 10.1. The summed E-state index contributed by atoms with van der Waals surface area (Å²) < 4.78 is 5.64.